The van der Waals surface area contributed by atoms with Crippen LogP contribution in [0.3, 0.4) is 0 Å². The van der Waals surface area contributed by atoms with Crippen LogP contribution in [-0.4, -0.2) is 52.9 Å². The number of nitrogens with two attached hydrogens (primary N) is 1. The van der Waals surface area contributed by atoms with Crippen LogP contribution in [0, 0.1) is 0 Å². The number of anilines is 1. The van der Waals surface area contributed by atoms with Gasteiger partial charge in [-0.2, -0.15) is 0 Å². The van der Waals surface area contributed by atoms with Crippen molar-refractivity contribution in [1.29, 1.82) is 0 Å². The van der Waals surface area contributed by atoms with Crippen molar-refractivity contribution < 1.29 is 4.79 Å². The van der Waals surface area contributed by atoms with E-state index in [4.69, 9.17) is 5.73 Å². The molecule has 2 N–H and O–H groups in total. The molecule has 104 valence electrons. The molecular weight excluding hydrogens is 240 g/mol. The summed E-state index contributed by atoms with van der Waals surface area (Å²) in [5.74, 6) is 0.0173. The molecule has 1 aromatic heterocycles. The fourth-order valence-corrected chi connectivity index (χ4v) is 2.40. The third-order valence-electron chi connectivity index (χ3n) is 3.90. The average Bonchev–Trinajstić information content (AvgIpc) is 2.46. The molecule has 1 amide bonds. The number of carbonyl (C=O) groups excluding carboxylic acids is 1. The summed E-state index contributed by atoms with van der Waals surface area (Å²) in [6.45, 7) is 7.84. The topological polar surface area (TPSA) is 62.5 Å². The molecule has 0 saturated carbocycles. The molecule has 2 rings (SSSR count). The minimum Gasteiger partial charge on any atom is -0.397 e. The summed E-state index contributed by atoms with van der Waals surface area (Å²) in [4.78, 5) is 20.6. The van der Waals surface area contributed by atoms with Gasteiger partial charge in [0.1, 0.15) is 0 Å². The predicted molar refractivity (Wildman–Crippen MR) is 75.9 cm³/mol. The molecule has 5 nitrogen and oxygen atoms in total. The Kier molecular flexibility index (Phi) is 4.37. The first-order valence-corrected chi connectivity index (χ1v) is 6.86. The molecule has 0 spiro atoms. The maximum Gasteiger partial charge on any atom is 0.256 e. The molecule has 1 aliphatic heterocycles. The van der Waals surface area contributed by atoms with E-state index in [1.807, 2.05) is 4.90 Å². The van der Waals surface area contributed by atoms with Crippen molar-refractivity contribution >= 4 is 11.6 Å². The number of hydrogen-bond acceptors (Lipinski definition) is 4. The highest BCUT2D eigenvalue weighted by Crippen LogP contribution is 2.15. The van der Waals surface area contributed by atoms with Gasteiger partial charge in [0.05, 0.1) is 17.4 Å². The first-order chi connectivity index (χ1) is 9.13. The Morgan fingerprint density at radius 3 is 2.68 bits per heavy atom. The summed E-state index contributed by atoms with van der Waals surface area (Å²) in [6.07, 6.45) is 4.28. The third kappa shape index (κ3) is 3.04. The van der Waals surface area contributed by atoms with Gasteiger partial charge in [-0.1, -0.05) is 6.92 Å². The third-order valence-corrected chi connectivity index (χ3v) is 3.90. The van der Waals surface area contributed by atoms with Crippen molar-refractivity contribution in [3.63, 3.8) is 0 Å². The highest BCUT2D eigenvalue weighted by Gasteiger charge is 2.24. The van der Waals surface area contributed by atoms with E-state index in [0.717, 1.165) is 32.6 Å². The van der Waals surface area contributed by atoms with E-state index < -0.39 is 0 Å². The molecule has 19 heavy (non-hydrogen) atoms. The van der Waals surface area contributed by atoms with Crippen LogP contribution in [0.5, 0.6) is 0 Å². The summed E-state index contributed by atoms with van der Waals surface area (Å²) in [5.41, 5.74) is 6.82. The Morgan fingerprint density at radius 2 is 2.11 bits per heavy atom. The summed E-state index contributed by atoms with van der Waals surface area (Å²) in [5, 5.41) is 0. The van der Waals surface area contributed by atoms with Crippen molar-refractivity contribution in [1.82, 2.24) is 14.8 Å². The van der Waals surface area contributed by atoms with E-state index in [0.29, 0.717) is 17.3 Å². The lowest BCUT2D eigenvalue weighted by Crippen LogP contribution is -2.51. The normalized spacial score (nSPS) is 18.3. The molecule has 1 atom stereocenters. The lowest BCUT2D eigenvalue weighted by molar-refractivity contribution is 0.0580. The average molecular weight is 262 g/mol. The van der Waals surface area contributed by atoms with Gasteiger partial charge >= 0.3 is 0 Å². The van der Waals surface area contributed by atoms with E-state index >= 15 is 0 Å². The van der Waals surface area contributed by atoms with Crippen molar-refractivity contribution in [2.24, 2.45) is 0 Å². The van der Waals surface area contributed by atoms with Crippen LogP contribution in [0.15, 0.2) is 18.5 Å². The number of piperazine rings is 1. The van der Waals surface area contributed by atoms with Gasteiger partial charge in [0, 0.05) is 38.4 Å². The number of hydrogen-bond donors (Lipinski definition) is 1. The first-order valence-electron chi connectivity index (χ1n) is 6.86. The lowest BCUT2D eigenvalue weighted by atomic mass is 10.1. The maximum absolute atomic E-state index is 12.4. The van der Waals surface area contributed by atoms with Crippen molar-refractivity contribution in [2.45, 2.75) is 26.3 Å². The quantitative estimate of drug-likeness (QED) is 0.889. The Morgan fingerprint density at radius 1 is 1.42 bits per heavy atom. The van der Waals surface area contributed by atoms with Crippen LogP contribution < -0.4 is 5.73 Å². The largest absolute Gasteiger partial charge is 0.397 e. The van der Waals surface area contributed by atoms with Gasteiger partial charge in [-0.15, -0.1) is 0 Å². The zero-order valence-corrected chi connectivity index (χ0v) is 11.7. The zero-order valence-electron chi connectivity index (χ0n) is 11.7. The molecule has 1 aliphatic rings. The van der Waals surface area contributed by atoms with E-state index in [9.17, 15) is 4.79 Å². The second kappa shape index (κ2) is 6.02. The number of aromatic nitrogens is 1. The van der Waals surface area contributed by atoms with E-state index in [-0.39, 0.29) is 5.91 Å². The van der Waals surface area contributed by atoms with Crippen molar-refractivity contribution in [3.05, 3.63) is 24.0 Å². The second-order valence-electron chi connectivity index (χ2n) is 5.05. The molecule has 0 radical (unpaired) electrons. The van der Waals surface area contributed by atoms with Gasteiger partial charge in [0.25, 0.3) is 5.91 Å². The van der Waals surface area contributed by atoms with Crippen LogP contribution >= 0.6 is 0 Å². The van der Waals surface area contributed by atoms with Gasteiger partial charge < -0.3 is 10.6 Å². The number of rotatable bonds is 3. The molecule has 1 saturated heterocycles. The summed E-state index contributed by atoms with van der Waals surface area (Å²) >= 11 is 0. The molecule has 1 aromatic rings. The van der Waals surface area contributed by atoms with Crippen LogP contribution in [0.4, 0.5) is 5.69 Å². The van der Waals surface area contributed by atoms with Gasteiger partial charge in [-0.25, -0.2) is 0 Å². The summed E-state index contributed by atoms with van der Waals surface area (Å²) < 4.78 is 0. The summed E-state index contributed by atoms with van der Waals surface area (Å²) in [6, 6.07) is 2.28. The maximum atomic E-state index is 12.4. The Bertz CT molecular complexity index is 441. The van der Waals surface area contributed by atoms with Crippen LogP contribution in [0.1, 0.15) is 30.6 Å². The van der Waals surface area contributed by atoms with Crippen LogP contribution in [0.2, 0.25) is 0 Å². The van der Waals surface area contributed by atoms with E-state index in [2.05, 4.69) is 23.7 Å². The van der Waals surface area contributed by atoms with Crippen LogP contribution in [-0.2, 0) is 0 Å². The second-order valence-corrected chi connectivity index (χ2v) is 5.05. The Labute approximate surface area is 114 Å². The number of nitrogen functional groups attached to an aromatic ring is 1. The minimum atomic E-state index is 0.0173. The van der Waals surface area contributed by atoms with Crippen LogP contribution in [0.25, 0.3) is 0 Å². The van der Waals surface area contributed by atoms with Gasteiger partial charge in [0.2, 0.25) is 0 Å². The number of nitrogens with zero attached hydrogens (tertiary/aromatic N) is 3. The molecular formula is C14H22N4O. The van der Waals surface area contributed by atoms with E-state index in [1.165, 1.54) is 6.20 Å². The molecule has 1 fully saturated rings. The van der Waals surface area contributed by atoms with E-state index in [1.54, 1.807) is 12.3 Å². The fourth-order valence-electron chi connectivity index (χ4n) is 2.40. The smallest absolute Gasteiger partial charge is 0.256 e. The van der Waals surface area contributed by atoms with Crippen molar-refractivity contribution in [2.75, 3.05) is 31.9 Å². The highest BCUT2D eigenvalue weighted by atomic mass is 16.2. The highest BCUT2D eigenvalue weighted by molar-refractivity contribution is 5.98. The van der Waals surface area contributed by atoms with Gasteiger partial charge in [-0.05, 0) is 19.4 Å². The fraction of sp³-hybridized carbons (Fsp3) is 0.571. The minimum absolute atomic E-state index is 0.0173. The number of amides is 1. The Balaban J connectivity index is 1.98. The summed E-state index contributed by atoms with van der Waals surface area (Å²) in [7, 11) is 0. The zero-order chi connectivity index (χ0) is 13.8. The molecule has 5 heteroatoms. The number of carbonyl (C=O) groups is 1. The molecule has 0 aromatic carbocycles. The van der Waals surface area contributed by atoms with Crippen molar-refractivity contribution in [3.8, 4) is 0 Å². The van der Waals surface area contributed by atoms with Gasteiger partial charge in [-0.3, -0.25) is 14.7 Å². The monoisotopic (exact) mass is 262 g/mol. The first kappa shape index (κ1) is 13.8. The predicted octanol–water partition coefficient (Wildman–Crippen LogP) is 1.22. The number of pyridine rings is 1. The van der Waals surface area contributed by atoms with Gasteiger partial charge in [0.15, 0.2) is 0 Å². The molecule has 0 aliphatic carbocycles. The Hall–Kier alpha value is -1.62. The molecule has 2 heterocycles. The molecule has 0 bridgehead atoms. The SMILES string of the molecule is CCC(C)N1CCN(C(=O)c2ccncc2N)CC1. The lowest BCUT2D eigenvalue weighted by Gasteiger charge is -2.37. The molecule has 1 unspecified atom stereocenters. The standard InChI is InChI=1S/C14H22N4O/c1-3-11(2)17-6-8-18(9-7-17)14(19)12-4-5-16-10-13(12)15/h4-5,10-11H,3,6-9,15H2,1-2H3.